The van der Waals surface area contributed by atoms with Gasteiger partial charge in [0.05, 0.1) is 16.9 Å². The Morgan fingerprint density at radius 2 is 1.86 bits per heavy atom. The van der Waals surface area contributed by atoms with Crippen molar-refractivity contribution in [2.45, 2.75) is 6.92 Å². The van der Waals surface area contributed by atoms with Crippen molar-refractivity contribution in [2.24, 2.45) is 0 Å². The molecule has 0 aliphatic carbocycles. The number of nitrogens with one attached hydrogen (secondary N) is 1. The maximum atomic E-state index is 12.8. The third-order valence-corrected chi connectivity index (χ3v) is 4.25. The van der Waals surface area contributed by atoms with E-state index < -0.39 is 17.2 Å². The fourth-order valence-corrected chi connectivity index (χ4v) is 2.94. The summed E-state index contributed by atoms with van der Waals surface area (Å²) >= 11 is 0. The molecule has 0 aliphatic rings. The molecule has 2 N–H and O–H groups in total. The van der Waals surface area contributed by atoms with Crippen LogP contribution in [0.25, 0.3) is 16.6 Å². The van der Waals surface area contributed by atoms with E-state index in [1.165, 1.54) is 0 Å². The molecule has 28 heavy (non-hydrogen) atoms. The Balaban J connectivity index is 1.75. The van der Waals surface area contributed by atoms with Crippen LogP contribution in [-0.4, -0.2) is 25.8 Å². The van der Waals surface area contributed by atoms with E-state index in [0.717, 1.165) is 21.7 Å². The highest BCUT2D eigenvalue weighted by atomic mass is 16.3. The Morgan fingerprint density at radius 3 is 2.68 bits per heavy atom. The van der Waals surface area contributed by atoms with E-state index >= 15 is 0 Å². The molecule has 0 atom stereocenters. The molecule has 4 aromatic rings. The molecular weight excluding hydrogens is 356 g/mol. The van der Waals surface area contributed by atoms with Crippen molar-refractivity contribution in [3.63, 3.8) is 0 Å². The minimum atomic E-state index is -0.642. The summed E-state index contributed by atoms with van der Waals surface area (Å²) in [5.74, 6) is -1.13. The quantitative estimate of drug-likeness (QED) is 0.576. The van der Waals surface area contributed by atoms with Crippen LogP contribution in [-0.2, 0) is 0 Å². The number of para-hydroxylation sites is 1. The van der Waals surface area contributed by atoms with Gasteiger partial charge >= 0.3 is 0 Å². The highest BCUT2D eigenvalue weighted by Gasteiger charge is 2.18. The molecule has 4 rings (SSSR count). The molecule has 7 nitrogen and oxygen atoms in total. The minimum Gasteiger partial charge on any atom is -0.505 e. The summed E-state index contributed by atoms with van der Waals surface area (Å²) in [7, 11) is 0. The fourth-order valence-electron chi connectivity index (χ4n) is 2.94. The second-order valence-corrected chi connectivity index (χ2v) is 6.30. The van der Waals surface area contributed by atoms with Crippen molar-refractivity contribution >= 4 is 22.5 Å². The van der Waals surface area contributed by atoms with E-state index in [-0.39, 0.29) is 5.69 Å². The lowest BCUT2D eigenvalue weighted by Gasteiger charge is -2.11. The number of benzene rings is 2. The van der Waals surface area contributed by atoms with E-state index in [9.17, 15) is 14.7 Å². The topological polar surface area (TPSA) is 97.1 Å². The first-order valence-electron chi connectivity index (χ1n) is 8.58. The highest BCUT2D eigenvalue weighted by molar-refractivity contribution is 6.08. The van der Waals surface area contributed by atoms with Crippen LogP contribution in [0.3, 0.4) is 0 Å². The minimum absolute atomic E-state index is 0.256. The number of aryl methyl sites for hydroxylation is 1. The fraction of sp³-hybridized carbons (Fsp3) is 0.0476. The second kappa shape index (κ2) is 6.96. The van der Waals surface area contributed by atoms with Gasteiger partial charge in [-0.1, -0.05) is 30.3 Å². The third-order valence-electron chi connectivity index (χ3n) is 4.25. The lowest BCUT2D eigenvalue weighted by atomic mass is 10.2. The lowest BCUT2D eigenvalue weighted by Crippen LogP contribution is -2.25. The number of anilines is 1. The molecule has 1 amide bonds. The van der Waals surface area contributed by atoms with Crippen LogP contribution in [0.5, 0.6) is 5.75 Å². The number of aromatic hydroxyl groups is 1. The number of fused-ring (bicyclic) bond motifs is 1. The summed E-state index contributed by atoms with van der Waals surface area (Å²) in [6, 6.07) is 17.2. The molecule has 0 radical (unpaired) electrons. The van der Waals surface area contributed by atoms with Gasteiger partial charge in [0, 0.05) is 17.6 Å². The van der Waals surface area contributed by atoms with Gasteiger partial charge in [0.1, 0.15) is 0 Å². The molecular formula is C21H16N4O3. The molecule has 2 aromatic heterocycles. The molecule has 0 saturated heterocycles. The maximum absolute atomic E-state index is 12.8. The van der Waals surface area contributed by atoms with Gasteiger partial charge in [0.25, 0.3) is 11.5 Å². The molecule has 0 fully saturated rings. The predicted molar refractivity (Wildman–Crippen MR) is 106 cm³/mol. The average molecular weight is 372 g/mol. The largest absolute Gasteiger partial charge is 0.505 e. The van der Waals surface area contributed by atoms with Crippen molar-refractivity contribution in [3.05, 3.63) is 88.5 Å². The Kier molecular flexibility index (Phi) is 4.33. The Hall–Kier alpha value is -4.00. The molecule has 2 aromatic carbocycles. The monoisotopic (exact) mass is 372 g/mol. The lowest BCUT2D eigenvalue weighted by molar-refractivity contribution is 0.101. The van der Waals surface area contributed by atoms with Gasteiger partial charge in [-0.3, -0.25) is 14.6 Å². The zero-order chi connectivity index (χ0) is 19.7. The van der Waals surface area contributed by atoms with E-state index in [2.05, 4.69) is 15.4 Å². The van der Waals surface area contributed by atoms with Gasteiger partial charge in [-0.2, -0.15) is 9.78 Å². The Bertz CT molecular complexity index is 1260. The summed E-state index contributed by atoms with van der Waals surface area (Å²) in [6.45, 7) is 1.89. The first-order chi connectivity index (χ1) is 13.5. The van der Waals surface area contributed by atoms with E-state index in [0.29, 0.717) is 16.9 Å². The van der Waals surface area contributed by atoms with Crippen molar-refractivity contribution < 1.29 is 9.90 Å². The molecule has 0 spiro atoms. The van der Waals surface area contributed by atoms with Crippen molar-refractivity contribution in [3.8, 4) is 11.4 Å². The SMILES string of the molecule is Cc1cccc(-n2nc(C(=O)Nc3cccc4cccnc34)c(O)cc2=O)c1. The number of aromatic nitrogens is 3. The number of carbonyl (C=O) groups is 1. The molecule has 2 heterocycles. The van der Waals surface area contributed by atoms with Crippen LogP contribution in [0, 0.1) is 6.92 Å². The van der Waals surface area contributed by atoms with Gasteiger partial charge in [0.15, 0.2) is 11.4 Å². The van der Waals surface area contributed by atoms with Gasteiger partial charge in [0.2, 0.25) is 0 Å². The Morgan fingerprint density at radius 1 is 1.07 bits per heavy atom. The highest BCUT2D eigenvalue weighted by Crippen LogP contribution is 2.22. The first kappa shape index (κ1) is 17.4. The van der Waals surface area contributed by atoms with E-state index in [1.54, 1.807) is 42.6 Å². The number of rotatable bonds is 3. The van der Waals surface area contributed by atoms with Crippen molar-refractivity contribution in [1.29, 1.82) is 0 Å². The summed E-state index contributed by atoms with van der Waals surface area (Å²) in [6.07, 6.45) is 1.63. The molecule has 0 unspecified atom stereocenters. The van der Waals surface area contributed by atoms with E-state index in [1.807, 2.05) is 25.1 Å². The normalized spacial score (nSPS) is 10.8. The summed E-state index contributed by atoms with van der Waals surface area (Å²) in [5.41, 5.74) is 1.75. The van der Waals surface area contributed by atoms with E-state index in [4.69, 9.17) is 0 Å². The zero-order valence-corrected chi connectivity index (χ0v) is 15.0. The zero-order valence-electron chi connectivity index (χ0n) is 15.0. The first-order valence-corrected chi connectivity index (χ1v) is 8.58. The van der Waals surface area contributed by atoms with Crippen molar-refractivity contribution in [1.82, 2.24) is 14.8 Å². The molecule has 7 heteroatoms. The average Bonchev–Trinajstić information content (AvgIpc) is 2.68. The third kappa shape index (κ3) is 3.21. The van der Waals surface area contributed by atoms with Crippen LogP contribution in [0.2, 0.25) is 0 Å². The number of hydrogen-bond acceptors (Lipinski definition) is 5. The second-order valence-electron chi connectivity index (χ2n) is 6.30. The van der Waals surface area contributed by atoms with Crippen LogP contribution in [0.15, 0.2) is 71.7 Å². The number of pyridine rings is 1. The molecule has 0 saturated carbocycles. The summed E-state index contributed by atoms with van der Waals surface area (Å²) < 4.78 is 1.09. The Labute approximate surface area is 159 Å². The van der Waals surface area contributed by atoms with Crippen LogP contribution in [0.4, 0.5) is 5.69 Å². The smallest absolute Gasteiger partial charge is 0.280 e. The van der Waals surface area contributed by atoms with Crippen LogP contribution < -0.4 is 10.9 Å². The van der Waals surface area contributed by atoms with Gasteiger partial charge in [-0.15, -0.1) is 0 Å². The van der Waals surface area contributed by atoms with Gasteiger partial charge in [-0.05, 0) is 36.8 Å². The number of hydrogen-bond donors (Lipinski definition) is 2. The summed E-state index contributed by atoms with van der Waals surface area (Å²) in [5, 5.41) is 17.8. The standard InChI is InChI=1S/C21H16N4O3/c1-13-5-2-8-15(11-13)25-18(27)12-17(26)20(24-25)21(28)23-16-9-3-6-14-7-4-10-22-19(14)16/h2-12,26H,1H3,(H,23,28). The number of nitrogens with zero attached hydrogens (tertiary/aromatic N) is 3. The van der Waals surface area contributed by atoms with Crippen LogP contribution >= 0.6 is 0 Å². The molecule has 0 aliphatic heterocycles. The van der Waals surface area contributed by atoms with Gasteiger partial charge in [-0.25, -0.2) is 0 Å². The van der Waals surface area contributed by atoms with Crippen LogP contribution in [0.1, 0.15) is 16.1 Å². The predicted octanol–water partition coefficient (Wildman–Crippen LogP) is 3.05. The maximum Gasteiger partial charge on any atom is 0.280 e. The molecule has 0 bridgehead atoms. The van der Waals surface area contributed by atoms with Gasteiger partial charge < -0.3 is 10.4 Å². The number of carbonyl (C=O) groups excluding carboxylic acids is 1. The number of amides is 1. The van der Waals surface area contributed by atoms with Crippen molar-refractivity contribution in [2.75, 3.05) is 5.32 Å². The summed E-state index contributed by atoms with van der Waals surface area (Å²) in [4.78, 5) is 29.3. The molecule has 138 valence electrons.